The minimum Gasteiger partial charge on any atom is -0.378 e. The van der Waals surface area contributed by atoms with Gasteiger partial charge in [0.25, 0.3) is 0 Å². The van der Waals surface area contributed by atoms with E-state index in [9.17, 15) is 17.6 Å². The fourth-order valence-electron chi connectivity index (χ4n) is 1.22. The lowest BCUT2D eigenvalue weighted by Gasteiger charge is -2.21. The van der Waals surface area contributed by atoms with Gasteiger partial charge in [-0.3, -0.25) is 4.98 Å². The maximum atomic E-state index is 13.2. The number of alkyl halides is 3. The molecule has 1 unspecified atom stereocenters. The summed E-state index contributed by atoms with van der Waals surface area (Å²) in [7, 11) is 0. The van der Waals surface area contributed by atoms with Crippen LogP contribution in [0.3, 0.4) is 0 Å². The minimum absolute atomic E-state index is 0.289. The average Bonchev–Trinajstić information content (AvgIpc) is 2.14. The van der Waals surface area contributed by atoms with Crippen LogP contribution >= 0.6 is 0 Å². The molecule has 96 valence electrons. The summed E-state index contributed by atoms with van der Waals surface area (Å²) in [5.74, 6) is -1.16. The lowest BCUT2D eigenvalue weighted by Crippen LogP contribution is -2.24. The van der Waals surface area contributed by atoms with Crippen LogP contribution < -0.4 is 0 Å². The number of hydrogen-bond donors (Lipinski definition) is 1. The number of aliphatic hydroxyl groups is 1. The van der Waals surface area contributed by atoms with E-state index < -0.39 is 29.2 Å². The van der Waals surface area contributed by atoms with E-state index in [1.807, 2.05) is 0 Å². The molecule has 17 heavy (non-hydrogen) atoms. The Balaban J connectivity index is 3.25. The summed E-state index contributed by atoms with van der Waals surface area (Å²) in [5.41, 5.74) is -1.21. The first-order valence-electron chi connectivity index (χ1n) is 4.95. The van der Waals surface area contributed by atoms with Crippen LogP contribution in [0.15, 0.2) is 12.1 Å². The Kier molecular flexibility index (Phi) is 3.47. The number of pyridine rings is 1. The Morgan fingerprint density at radius 2 is 1.71 bits per heavy atom. The van der Waals surface area contributed by atoms with Gasteiger partial charge in [0.1, 0.15) is 11.5 Å². The van der Waals surface area contributed by atoms with Crippen molar-refractivity contribution in [3.8, 4) is 0 Å². The molecule has 1 atom stereocenters. The van der Waals surface area contributed by atoms with Gasteiger partial charge in [-0.05, 0) is 12.1 Å². The summed E-state index contributed by atoms with van der Waals surface area (Å²) in [6.07, 6.45) is -7.82. The molecule has 1 N–H and O–H groups in total. The molecule has 0 fully saturated rings. The van der Waals surface area contributed by atoms with Crippen molar-refractivity contribution in [3.05, 3.63) is 29.3 Å². The molecule has 0 bridgehead atoms. The van der Waals surface area contributed by atoms with Crippen LogP contribution in [0.25, 0.3) is 0 Å². The van der Waals surface area contributed by atoms with Gasteiger partial charge in [0, 0.05) is 11.1 Å². The molecule has 6 heteroatoms. The molecular formula is C11H13F4NO. The standard InChI is InChI=1S/C11H13F4NO/c1-10(2,3)7-5-4-6(12)8(16-7)9(17)11(13,14)15/h4-5,9,17H,1-3H3. The summed E-state index contributed by atoms with van der Waals surface area (Å²) in [6.45, 7) is 5.20. The van der Waals surface area contributed by atoms with Gasteiger partial charge in [0.05, 0.1) is 0 Å². The average molecular weight is 251 g/mol. The van der Waals surface area contributed by atoms with Crippen molar-refractivity contribution in [2.24, 2.45) is 0 Å². The molecule has 1 heterocycles. The zero-order valence-electron chi connectivity index (χ0n) is 9.64. The number of rotatable bonds is 1. The zero-order valence-corrected chi connectivity index (χ0v) is 9.64. The number of hydrogen-bond acceptors (Lipinski definition) is 2. The third kappa shape index (κ3) is 3.15. The molecule has 0 aliphatic rings. The first-order chi connectivity index (χ1) is 7.53. The number of aliphatic hydroxyl groups excluding tert-OH is 1. The third-order valence-corrected chi connectivity index (χ3v) is 2.21. The van der Waals surface area contributed by atoms with E-state index in [0.717, 1.165) is 6.07 Å². The Morgan fingerprint density at radius 1 is 1.18 bits per heavy atom. The Labute approximate surface area is 96.3 Å². The summed E-state index contributed by atoms with van der Waals surface area (Å²) in [5, 5.41) is 9.00. The van der Waals surface area contributed by atoms with Crippen molar-refractivity contribution in [3.63, 3.8) is 0 Å². The summed E-state index contributed by atoms with van der Waals surface area (Å²) < 4.78 is 50.1. The van der Waals surface area contributed by atoms with Gasteiger partial charge in [-0.1, -0.05) is 20.8 Å². The first kappa shape index (κ1) is 13.9. The van der Waals surface area contributed by atoms with Crippen molar-refractivity contribution in [2.75, 3.05) is 0 Å². The Bertz CT molecular complexity index is 409. The highest BCUT2D eigenvalue weighted by atomic mass is 19.4. The second kappa shape index (κ2) is 4.25. The van der Waals surface area contributed by atoms with E-state index in [4.69, 9.17) is 5.11 Å². The molecule has 0 amide bonds. The van der Waals surface area contributed by atoms with Gasteiger partial charge in [-0.15, -0.1) is 0 Å². The second-order valence-electron chi connectivity index (χ2n) is 4.76. The Morgan fingerprint density at radius 3 is 2.12 bits per heavy atom. The summed E-state index contributed by atoms with van der Waals surface area (Å²) in [4.78, 5) is 3.56. The molecule has 0 radical (unpaired) electrons. The molecule has 0 saturated heterocycles. The summed E-state index contributed by atoms with van der Waals surface area (Å²) >= 11 is 0. The van der Waals surface area contributed by atoms with Crippen molar-refractivity contribution in [2.45, 2.75) is 38.5 Å². The van der Waals surface area contributed by atoms with Gasteiger partial charge in [-0.2, -0.15) is 13.2 Å². The van der Waals surface area contributed by atoms with E-state index in [2.05, 4.69) is 4.98 Å². The molecular weight excluding hydrogens is 238 g/mol. The Hall–Kier alpha value is -1.17. The van der Waals surface area contributed by atoms with Crippen molar-refractivity contribution in [1.82, 2.24) is 4.98 Å². The molecule has 0 saturated carbocycles. The molecule has 0 spiro atoms. The topological polar surface area (TPSA) is 33.1 Å². The highest BCUT2D eigenvalue weighted by molar-refractivity contribution is 5.21. The van der Waals surface area contributed by atoms with Gasteiger partial charge in [0.2, 0.25) is 0 Å². The quantitative estimate of drug-likeness (QED) is 0.778. The van der Waals surface area contributed by atoms with E-state index in [-0.39, 0.29) is 5.69 Å². The number of aromatic nitrogens is 1. The van der Waals surface area contributed by atoms with Crippen LogP contribution in [0.2, 0.25) is 0 Å². The number of nitrogens with zero attached hydrogens (tertiary/aromatic N) is 1. The smallest absolute Gasteiger partial charge is 0.378 e. The van der Waals surface area contributed by atoms with Crippen LogP contribution in [-0.2, 0) is 5.41 Å². The van der Waals surface area contributed by atoms with Gasteiger partial charge in [0.15, 0.2) is 6.10 Å². The third-order valence-electron chi connectivity index (χ3n) is 2.21. The molecule has 0 aliphatic carbocycles. The fraction of sp³-hybridized carbons (Fsp3) is 0.545. The molecule has 2 nitrogen and oxygen atoms in total. The largest absolute Gasteiger partial charge is 0.420 e. The van der Waals surface area contributed by atoms with Crippen molar-refractivity contribution >= 4 is 0 Å². The highest BCUT2D eigenvalue weighted by Gasteiger charge is 2.42. The molecule has 1 rings (SSSR count). The molecule has 0 aromatic carbocycles. The fourth-order valence-corrected chi connectivity index (χ4v) is 1.22. The maximum absolute atomic E-state index is 13.2. The number of halogens is 4. The van der Waals surface area contributed by atoms with Crippen molar-refractivity contribution < 1.29 is 22.7 Å². The molecule has 1 aromatic rings. The van der Waals surface area contributed by atoms with Crippen LogP contribution in [0, 0.1) is 5.82 Å². The monoisotopic (exact) mass is 251 g/mol. The first-order valence-corrected chi connectivity index (χ1v) is 4.95. The van der Waals surface area contributed by atoms with Gasteiger partial charge < -0.3 is 5.11 Å². The highest BCUT2D eigenvalue weighted by Crippen LogP contribution is 2.33. The summed E-state index contributed by atoms with van der Waals surface area (Å²) in [6, 6.07) is 2.19. The lowest BCUT2D eigenvalue weighted by molar-refractivity contribution is -0.208. The van der Waals surface area contributed by atoms with Gasteiger partial charge in [-0.25, -0.2) is 4.39 Å². The van der Waals surface area contributed by atoms with Crippen LogP contribution in [0.5, 0.6) is 0 Å². The van der Waals surface area contributed by atoms with Gasteiger partial charge >= 0.3 is 6.18 Å². The normalized spacial score (nSPS) is 14.8. The zero-order chi connectivity index (χ0) is 13.4. The predicted octanol–water partition coefficient (Wildman–Crippen LogP) is 3.11. The maximum Gasteiger partial charge on any atom is 0.420 e. The van der Waals surface area contributed by atoms with Crippen molar-refractivity contribution in [1.29, 1.82) is 0 Å². The van der Waals surface area contributed by atoms with Crippen LogP contribution in [0.1, 0.15) is 38.3 Å². The predicted molar refractivity (Wildman–Crippen MR) is 53.9 cm³/mol. The van der Waals surface area contributed by atoms with E-state index >= 15 is 0 Å². The van der Waals surface area contributed by atoms with Crippen LogP contribution in [-0.4, -0.2) is 16.3 Å². The minimum atomic E-state index is -4.93. The second-order valence-corrected chi connectivity index (χ2v) is 4.76. The SMILES string of the molecule is CC(C)(C)c1ccc(F)c(C(O)C(F)(F)F)n1. The van der Waals surface area contributed by atoms with E-state index in [1.165, 1.54) is 6.07 Å². The molecule has 0 aliphatic heterocycles. The lowest BCUT2D eigenvalue weighted by atomic mass is 9.91. The van der Waals surface area contributed by atoms with E-state index in [0.29, 0.717) is 0 Å². The van der Waals surface area contributed by atoms with E-state index in [1.54, 1.807) is 20.8 Å². The van der Waals surface area contributed by atoms with Crippen LogP contribution in [0.4, 0.5) is 17.6 Å². The molecule has 1 aromatic heterocycles.